The molecule has 0 unspecified atom stereocenters. The third-order valence-corrected chi connectivity index (χ3v) is 4.40. The number of halogens is 7. The summed E-state index contributed by atoms with van der Waals surface area (Å²) in [5, 5.41) is 2.65. The first kappa shape index (κ1) is 24.5. The van der Waals surface area contributed by atoms with Crippen molar-refractivity contribution in [1.29, 1.82) is 0 Å². The number of benzene rings is 2. The van der Waals surface area contributed by atoms with Crippen LogP contribution in [-0.2, 0) is 39.5 Å². The zero-order valence-electron chi connectivity index (χ0n) is 15.9. The summed E-state index contributed by atoms with van der Waals surface area (Å²) in [5.41, 5.74) is -3.02. The molecule has 0 saturated carbocycles. The summed E-state index contributed by atoms with van der Waals surface area (Å²) in [6, 6.07) is 6.01. The molecule has 0 fully saturated rings. The number of alkyl halides is 6. The fourth-order valence-corrected chi connectivity index (χ4v) is 3.00. The number of ether oxygens (including phenoxy) is 1. The third-order valence-electron chi connectivity index (χ3n) is 4.16. The lowest BCUT2D eigenvalue weighted by molar-refractivity contribution is -0.145. The standard InChI is InChI=1S/C20H16ClF6NO3/c1-31-18(30)16(8-11-3-2-4-15(21)7-11)28-17(29)9-12-5-13(19(22,23)24)10-14(6-12)20(25,26)27/h2-7,10,16H,8-9H2,1H3,(H,28,29)/t16-/m0/s1. The van der Waals surface area contributed by atoms with E-state index in [-0.39, 0.29) is 12.5 Å². The molecule has 0 aliphatic carbocycles. The maximum atomic E-state index is 13.0. The molecule has 0 radical (unpaired) electrons. The summed E-state index contributed by atoms with van der Waals surface area (Å²) in [4.78, 5) is 24.3. The molecule has 1 amide bonds. The van der Waals surface area contributed by atoms with Gasteiger partial charge in [-0.2, -0.15) is 26.3 Å². The molecule has 11 heteroatoms. The van der Waals surface area contributed by atoms with Gasteiger partial charge in [0.05, 0.1) is 24.7 Å². The number of nitrogens with one attached hydrogen (secondary N) is 1. The van der Waals surface area contributed by atoms with Crippen LogP contribution in [0.25, 0.3) is 0 Å². The number of amides is 1. The molecular formula is C20H16ClF6NO3. The molecule has 4 nitrogen and oxygen atoms in total. The number of esters is 1. The second-order valence-electron chi connectivity index (χ2n) is 6.57. The predicted octanol–water partition coefficient (Wildman–Crippen LogP) is 4.82. The molecule has 1 atom stereocenters. The Balaban J connectivity index is 2.24. The van der Waals surface area contributed by atoms with E-state index in [0.29, 0.717) is 22.7 Å². The van der Waals surface area contributed by atoms with Crippen molar-refractivity contribution in [1.82, 2.24) is 5.32 Å². The maximum absolute atomic E-state index is 13.0. The van der Waals surface area contributed by atoms with Gasteiger partial charge in [-0.1, -0.05) is 23.7 Å². The van der Waals surface area contributed by atoms with Gasteiger partial charge in [0.1, 0.15) is 6.04 Å². The molecule has 0 heterocycles. The van der Waals surface area contributed by atoms with Crippen molar-refractivity contribution in [3.05, 3.63) is 69.7 Å². The number of hydrogen-bond acceptors (Lipinski definition) is 3. The number of carbonyl (C=O) groups is 2. The van der Waals surface area contributed by atoms with Crippen molar-refractivity contribution < 1.29 is 40.7 Å². The highest BCUT2D eigenvalue weighted by atomic mass is 35.5. The van der Waals surface area contributed by atoms with Crippen molar-refractivity contribution in [2.45, 2.75) is 31.2 Å². The third kappa shape index (κ3) is 7.16. The fraction of sp³-hybridized carbons (Fsp3) is 0.300. The minimum absolute atomic E-state index is 0.0300. The normalized spacial score (nSPS) is 12.9. The van der Waals surface area contributed by atoms with Crippen LogP contribution in [0.2, 0.25) is 5.02 Å². The molecule has 2 rings (SSSR count). The molecule has 2 aromatic rings. The highest BCUT2D eigenvalue weighted by molar-refractivity contribution is 6.30. The Kier molecular flexibility index (Phi) is 7.58. The number of carbonyl (C=O) groups excluding carboxylic acids is 2. The second-order valence-corrected chi connectivity index (χ2v) is 7.00. The van der Waals surface area contributed by atoms with E-state index in [4.69, 9.17) is 11.6 Å². The van der Waals surface area contributed by atoms with E-state index in [0.717, 1.165) is 7.11 Å². The molecule has 0 aliphatic rings. The van der Waals surface area contributed by atoms with Crippen LogP contribution in [0.15, 0.2) is 42.5 Å². The lowest BCUT2D eigenvalue weighted by Crippen LogP contribution is -2.43. The Hall–Kier alpha value is -2.75. The highest BCUT2D eigenvalue weighted by Gasteiger charge is 2.37. The van der Waals surface area contributed by atoms with Crippen LogP contribution in [0, 0.1) is 0 Å². The SMILES string of the molecule is COC(=O)[C@H](Cc1cccc(Cl)c1)NC(=O)Cc1cc(C(F)(F)F)cc(C(F)(F)F)c1. The molecule has 0 spiro atoms. The van der Waals surface area contributed by atoms with Gasteiger partial charge < -0.3 is 10.1 Å². The average Bonchev–Trinajstić information content (AvgIpc) is 2.65. The molecule has 0 aliphatic heterocycles. The van der Waals surface area contributed by atoms with Gasteiger partial charge >= 0.3 is 18.3 Å². The molecule has 0 bridgehead atoms. The molecule has 168 valence electrons. The van der Waals surface area contributed by atoms with E-state index in [2.05, 4.69) is 10.1 Å². The van der Waals surface area contributed by atoms with Crippen LogP contribution >= 0.6 is 11.6 Å². The Bertz CT molecular complexity index is 926. The van der Waals surface area contributed by atoms with E-state index in [1.807, 2.05) is 0 Å². The van der Waals surface area contributed by atoms with Gasteiger partial charge in [-0.05, 0) is 41.5 Å². The number of hydrogen-bond donors (Lipinski definition) is 1. The molecule has 0 aromatic heterocycles. The van der Waals surface area contributed by atoms with E-state index in [1.165, 1.54) is 6.07 Å². The Morgan fingerprint density at radius 2 is 1.55 bits per heavy atom. The van der Waals surface area contributed by atoms with E-state index in [1.54, 1.807) is 18.2 Å². The summed E-state index contributed by atoms with van der Waals surface area (Å²) < 4.78 is 82.4. The van der Waals surface area contributed by atoms with Gasteiger partial charge in [-0.25, -0.2) is 4.79 Å². The summed E-state index contributed by atoms with van der Waals surface area (Å²) in [5.74, 6) is -1.79. The first-order chi connectivity index (χ1) is 14.3. The van der Waals surface area contributed by atoms with E-state index < -0.39 is 53.4 Å². The van der Waals surface area contributed by atoms with Crippen molar-refractivity contribution in [3.63, 3.8) is 0 Å². The highest BCUT2D eigenvalue weighted by Crippen LogP contribution is 2.36. The van der Waals surface area contributed by atoms with Gasteiger partial charge in [0, 0.05) is 11.4 Å². The van der Waals surface area contributed by atoms with Crippen LogP contribution in [0.4, 0.5) is 26.3 Å². The lowest BCUT2D eigenvalue weighted by atomic mass is 10.0. The van der Waals surface area contributed by atoms with Crippen molar-refractivity contribution in [3.8, 4) is 0 Å². The smallest absolute Gasteiger partial charge is 0.416 e. The first-order valence-corrected chi connectivity index (χ1v) is 9.07. The minimum Gasteiger partial charge on any atom is -0.467 e. The first-order valence-electron chi connectivity index (χ1n) is 8.69. The summed E-state index contributed by atoms with van der Waals surface area (Å²) in [6.45, 7) is 0. The molecule has 2 aromatic carbocycles. The van der Waals surface area contributed by atoms with Gasteiger partial charge in [-0.3, -0.25) is 4.79 Å². The number of rotatable bonds is 6. The zero-order valence-corrected chi connectivity index (χ0v) is 16.7. The van der Waals surface area contributed by atoms with Crippen LogP contribution in [-0.4, -0.2) is 25.0 Å². The van der Waals surface area contributed by atoms with Crippen LogP contribution in [0.3, 0.4) is 0 Å². The van der Waals surface area contributed by atoms with Gasteiger partial charge in [-0.15, -0.1) is 0 Å². The molecule has 1 N–H and O–H groups in total. The zero-order chi connectivity index (χ0) is 23.4. The maximum Gasteiger partial charge on any atom is 0.416 e. The monoisotopic (exact) mass is 467 g/mol. The van der Waals surface area contributed by atoms with Crippen LogP contribution in [0.1, 0.15) is 22.3 Å². The van der Waals surface area contributed by atoms with Gasteiger partial charge in [0.2, 0.25) is 5.91 Å². The Morgan fingerprint density at radius 1 is 0.968 bits per heavy atom. The van der Waals surface area contributed by atoms with Crippen molar-refractivity contribution >= 4 is 23.5 Å². The van der Waals surface area contributed by atoms with E-state index in [9.17, 15) is 35.9 Å². The largest absolute Gasteiger partial charge is 0.467 e. The molecule has 31 heavy (non-hydrogen) atoms. The van der Waals surface area contributed by atoms with Gasteiger partial charge in [0.15, 0.2) is 0 Å². The Labute approximate surface area is 178 Å². The summed E-state index contributed by atoms with van der Waals surface area (Å²) in [7, 11) is 1.07. The summed E-state index contributed by atoms with van der Waals surface area (Å²) in [6.07, 6.45) is -10.9. The molecular weight excluding hydrogens is 452 g/mol. The minimum atomic E-state index is -5.03. The lowest BCUT2D eigenvalue weighted by Gasteiger charge is -2.18. The second kappa shape index (κ2) is 9.59. The van der Waals surface area contributed by atoms with Gasteiger partial charge in [0.25, 0.3) is 0 Å². The molecule has 0 saturated heterocycles. The Morgan fingerprint density at radius 3 is 2.03 bits per heavy atom. The van der Waals surface area contributed by atoms with Crippen molar-refractivity contribution in [2.24, 2.45) is 0 Å². The fourth-order valence-electron chi connectivity index (χ4n) is 2.79. The van der Waals surface area contributed by atoms with Crippen LogP contribution in [0.5, 0.6) is 0 Å². The topological polar surface area (TPSA) is 55.4 Å². The van der Waals surface area contributed by atoms with Crippen LogP contribution < -0.4 is 5.32 Å². The predicted molar refractivity (Wildman–Crippen MR) is 99.3 cm³/mol. The van der Waals surface area contributed by atoms with Crippen molar-refractivity contribution in [2.75, 3.05) is 7.11 Å². The van der Waals surface area contributed by atoms with E-state index >= 15 is 0 Å². The number of methoxy groups -OCH3 is 1. The average molecular weight is 468 g/mol. The quantitative estimate of drug-likeness (QED) is 0.489. The summed E-state index contributed by atoms with van der Waals surface area (Å²) >= 11 is 5.87.